The fourth-order valence-corrected chi connectivity index (χ4v) is 4.36. The second-order valence-corrected chi connectivity index (χ2v) is 7.61. The van der Waals surface area contributed by atoms with E-state index in [-0.39, 0.29) is 11.8 Å². The lowest BCUT2D eigenvalue weighted by atomic mass is 10.1. The largest absolute Gasteiger partial charge is 0.388 e. The highest BCUT2D eigenvalue weighted by atomic mass is 32.2. The first-order valence-electron chi connectivity index (χ1n) is 5.57. The van der Waals surface area contributed by atoms with Gasteiger partial charge in [0.05, 0.1) is 10.9 Å². The van der Waals surface area contributed by atoms with Gasteiger partial charge in [-0.3, -0.25) is 0 Å². The summed E-state index contributed by atoms with van der Waals surface area (Å²) in [6.45, 7) is 1.76. The third kappa shape index (κ3) is 4.24. The minimum Gasteiger partial charge on any atom is -0.388 e. The van der Waals surface area contributed by atoms with Crippen molar-refractivity contribution in [3.63, 3.8) is 0 Å². The summed E-state index contributed by atoms with van der Waals surface area (Å²) in [5, 5.41) is 9.62. The van der Waals surface area contributed by atoms with Gasteiger partial charge >= 0.3 is 0 Å². The van der Waals surface area contributed by atoms with E-state index in [0.29, 0.717) is 5.75 Å². The van der Waals surface area contributed by atoms with Crippen molar-refractivity contribution in [3.8, 4) is 0 Å². The zero-order valence-electron chi connectivity index (χ0n) is 9.90. The molecule has 96 valence electrons. The average Bonchev–Trinajstić information content (AvgIpc) is 2.68. The van der Waals surface area contributed by atoms with Crippen LogP contribution in [-0.2, 0) is 10.0 Å². The normalized spacial score (nSPS) is 22.2. The van der Waals surface area contributed by atoms with Crippen molar-refractivity contribution in [1.29, 1.82) is 0 Å². The maximum absolute atomic E-state index is 11.9. The van der Waals surface area contributed by atoms with E-state index < -0.39 is 15.6 Å². The van der Waals surface area contributed by atoms with Gasteiger partial charge in [0.1, 0.15) is 0 Å². The molecule has 1 atom stereocenters. The van der Waals surface area contributed by atoms with Gasteiger partial charge in [0.15, 0.2) is 0 Å². The molecule has 0 aliphatic heterocycles. The molecule has 0 saturated heterocycles. The minimum absolute atomic E-state index is 0.104. The molecule has 0 radical (unpaired) electrons. The molecule has 0 aromatic carbocycles. The maximum Gasteiger partial charge on any atom is 0.214 e. The van der Waals surface area contributed by atoms with Crippen LogP contribution >= 0.6 is 11.8 Å². The van der Waals surface area contributed by atoms with Crippen LogP contribution in [0.1, 0.15) is 32.6 Å². The van der Waals surface area contributed by atoms with Crippen molar-refractivity contribution in [1.82, 2.24) is 4.72 Å². The molecule has 6 heteroatoms. The molecular weight excluding hydrogens is 246 g/mol. The molecule has 2 N–H and O–H groups in total. The first-order chi connectivity index (χ1) is 7.37. The van der Waals surface area contributed by atoms with Crippen molar-refractivity contribution < 1.29 is 13.5 Å². The number of aliphatic hydroxyl groups is 1. The van der Waals surface area contributed by atoms with Crippen molar-refractivity contribution in [2.45, 2.75) is 43.5 Å². The van der Waals surface area contributed by atoms with E-state index in [4.69, 9.17) is 0 Å². The molecule has 1 unspecified atom stereocenters. The molecule has 4 nitrogen and oxygen atoms in total. The molecule has 1 rings (SSSR count). The molecule has 0 bridgehead atoms. The highest BCUT2D eigenvalue weighted by molar-refractivity contribution is 7.98. The van der Waals surface area contributed by atoms with Crippen LogP contribution in [0, 0.1) is 0 Å². The average molecular weight is 267 g/mol. The van der Waals surface area contributed by atoms with Crippen LogP contribution in [0.15, 0.2) is 0 Å². The monoisotopic (exact) mass is 267 g/mol. The minimum atomic E-state index is -3.23. The van der Waals surface area contributed by atoms with Crippen molar-refractivity contribution in [2.24, 2.45) is 0 Å². The van der Waals surface area contributed by atoms with Crippen LogP contribution in [0.5, 0.6) is 0 Å². The van der Waals surface area contributed by atoms with Gasteiger partial charge in [-0.25, -0.2) is 13.1 Å². The highest BCUT2D eigenvalue weighted by Crippen LogP contribution is 2.24. The van der Waals surface area contributed by atoms with Crippen molar-refractivity contribution in [3.05, 3.63) is 0 Å². The van der Waals surface area contributed by atoms with Crippen LogP contribution in [-0.4, -0.2) is 42.9 Å². The molecule has 0 amide bonds. The molecule has 0 aromatic heterocycles. The SMILES string of the molecule is CSCC(C)(O)CNS(=O)(=O)C1CCCC1. The number of rotatable bonds is 6. The van der Waals surface area contributed by atoms with Crippen LogP contribution in [0.3, 0.4) is 0 Å². The Balaban J connectivity index is 2.47. The quantitative estimate of drug-likeness (QED) is 0.752. The summed E-state index contributed by atoms with van der Waals surface area (Å²) >= 11 is 1.51. The lowest BCUT2D eigenvalue weighted by molar-refractivity contribution is 0.0908. The number of thioether (sulfide) groups is 1. The Hall–Kier alpha value is 0.220. The number of sulfonamides is 1. The van der Waals surface area contributed by atoms with Crippen LogP contribution in [0.2, 0.25) is 0 Å². The summed E-state index contributed by atoms with van der Waals surface area (Å²) < 4.78 is 26.2. The first-order valence-corrected chi connectivity index (χ1v) is 8.51. The Morgan fingerprint density at radius 2 is 2.00 bits per heavy atom. The molecule has 16 heavy (non-hydrogen) atoms. The van der Waals surface area contributed by atoms with Gasteiger partial charge in [0.25, 0.3) is 0 Å². The Labute approximate surface area is 102 Å². The van der Waals surface area contributed by atoms with E-state index in [1.165, 1.54) is 11.8 Å². The predicted octanol–water partition coefficient (Wildman–Crippen LogP) is 0.962. The highest BCUT2D eigenvalue weighted by Gasteiger charge is 2.30. The molecule has 1 fully saturated rings. The molecule has 0 heterocycles. The fourth-order valence-electron chi connectivity index (χ4n) is 1.93. The first kappa shape index (κ1) is 14.3. The van der Waals surface area contributed by atoms with E-state index >= 15 is 0 Å². The Kier molecular flexibility index (Phi) is 5.10. The maximum atomic E-state index is 11.9. The van der Waals surface area contributed by atoms with E-state index in [1.54, 1.807) is 6.92 Å². The van der Waals surface area contributed by atoms with Crippen LogP contribution in [0.25, 0.3) is 0 Å². The zero-order chi connectivity index (χ0) is 12.2. The van der Waals surface area contributed by atoms with Gasteiger partial charge in [0.2, 0.25) is 10.0 Å². The lowest BCUT2D eigenvalue weighted by Gasteiger charge is -2.23. The summed E-state index contributed by atoms with van der Waals surface area (Å²) in [6, 6.07) is 0. The zero-order valence-corrected chi connectivity index (χ0v) is 11.5. The third-order valence-corrected chi connectivity index (χ3v) is 5.66. The molecule has 1 aliphatic carbocycles. The summed E-state index contributed by atoms with van der Waals surface area (Å²) in [7, 11) is -3.23. The summed E-state index contributed by atoms with van der Waals surface area (Å²) in [6.07, 6.45) is 5.37. The van der Waals surface area contributed by atoms with Gasteiger partial charge in [0, 0.05) is 12.3 Å². The van der Waals surface area contributed by atoms with Gasteiger partial charge in [-0.1, -0.05) is 12.8 Å². The number of nitrogens with one attached hydrogen (secondary N) is 1. The predicted molar refractivity (Wildman–Crippen MR) is 68.2 cm³/mol. The van der Waals surface area contributed by atoms with Crippen LogP contribution < -0.4 is 4.72 Å². The lowest BCUT2D eigenvalue weighted by Crippen LogP contribution is -2.44. The van der Waals surface area contributed by atoms with Crippen molar-refractivity contribution in [2.75, 3.05) is 18.6 Å². The summed E-state index contributed by atoms with van der Waals surface area (Å²) in [5.74, 6) is 0.528. The van der Waals surface area contributed by atoms with E-state index in [9.17, 15) is 13.5 Å². The molecular formula is C10H21NO3S2. The fraction of sp³-hybridized carbons (Fsp3) is 1.00. The molecule has 1 aliphatic rings. The van der Waals surface area contributed by atoms with Gasteiger partial charge < -0.3 is 5.11 Å². The van der Waals surface area contributed by atoms with E-state index in [0.717, 1.165) is 25.7 Å². The van der Waals surface area contributed by atoms with Gasteiger partial charge in [-0.2, -0.15) is 11.8 Å². The smallest absolute Gasteiger partial charge is 0.214 e. The number of hydrogen-bond donors (Lipinski definition) is 2. The summed E-state index contributed by atoms with van der Waals surface area (Å²) in [4.78, 5) is 0. The Morgan fingerprint density at radius 3 is 2.50 bits per heavy atom. The Morgan fingerprint density at radius 1 is 1.44 bits per heavy atom. The Bertz CT molecular complexity index is 308. The van der Waals surface area contributed by atoms with E-state index in [1.807, 2.05) is 6.26 Å². The molecule has 0 aromatic rings. The van der Waals surface area contributed by atoms with Crippen LogP contribution in [0.4, 0.5) is 0 Å². The second-order valence-electron chi connectivity index (χ2n) is 4.70. The third-order valence-electron chi connectivity index (χ3n) is 2.85. The van der Waals surface area contributed by atoms with E-state index in [2.05, 4.69) is 4.72 Å². The van der Waals surface area contributed by atoms with Gasteiger partial charge in [-0.15, -0.1) is 0 Å². The topological polar surface area (TPSA) is 66.4 Å². The standard InChI is InChI=1S/C10H21NO3S2/c1-10(12,8-15-2)7-11-16(13,14)9-5-3-4-6-9/h9,11-12H,3-8H2,1-2H3. The molecule has 0 spiro atoms. The van der Waals surface area contributed by atoms with Crippen molar-refractivity contribution >= 4 is 21.8 Å². The molecule has 1 saturated carbocycles. The summed E-state index contributed by atoms with van der Waals surface area (Å²) in [5.41, 5.74) is -0.967. The number of hydrogen-bond acceptors (Lipinski definition) is 4. The van der Waals surface area contributed by atoms with Gasteiger partial charge in [-0.05, 0) is 26.0 Å². The second kappa shape index (κ2) is 5.71.